The summed E-state index contributed by atoms with van der Waals surface area (Å²) in [6, 6.07) is 32.0. The molecule has 1 aliphatic rings. The zero-order valence-electron chi connectivity index (χ0n) is 18.0. The minimum atomic E-state index is -0.488. The van der Waals surface area contributed by atoms with Crippen LogP contribution >= 0.6 is 0 Å². The zero-order chi connectivity index (χ0) is 22.4. The molecule has 0 unspecified atom stereocenters. The number of imide groups is 1. The number of fused-ring (bicyclic) bond motifs is 2. The van der Waals surface area contributed by atoms with Gasteiger partial charge < -0.3 is 4.57 Å². The summed E-state index contributed by atoms with van der Waals surface area (Å²) in [6.45, 7) is 0.712. The predicted molar refractivity (Wildman–Crippen MR) is 131 cm³/mol. The van der Waals surface area contributed by atoms with E-state index in [4.69, 9.17) is 0 Å². The van der Waals surface area contributed by atoms with Gasteiger partial charge in [-0.15, -0.1) is 0 Å². The Hall–Kier alpha value is -4.18. The molecule has 160 valence electrons. The number of aromatic nitrogens is 1. The molecule has 4 aromatic carbocycles. The molecule has 1 saturated heterocycles. The van der Waals surface area contributed by atoms with Gasteiger partial charge in [-0.1, -0.05) is 84.9 Å². The quantitative estimate of drug-likeness (QED) is 0.334. The van der Waals surface area contributed by atoms with Gasteiger partial charge in [0.2, 0.25) is 11.8 Å². The molecule has 0 aliphatic carbocycles. The van der Waals surface area contributed by atoms with Crippen molar-refractivity contribution in [1.82, 2.24) is 4.57 Å². The lowest BCUT2D eigenvalue weighted by Crippen LogP contribution is -2.30. The Morgan fingerprint density at radius 1 is 0.727 bits per heavy atom. The second kappa shape index (κ2) is 7.75. The van der Waals surface area contributed by atoms with Crippen molar-refractivity contribution in [2.75, 3.05) is 4.90 Å². The highest BCUT2D eigenvalue weighted by molar-refractivity contribution is 6.26. The van der Waals surface area contributed by atoms with Crippen LogP contribution in [-0.4, -0.2) is 16.4 Å². The lowest BCUT2D eigenvalue weighted by molar-refractivity contribution is -0.121. The van der Waals surface area contributed by atoms with Gasteiger partial charge in [-0.2, -0.15) is 0 Å². The molecule has 33 heavy (non-hydrogen) atoms. The molecule has 2 heterocycles. The number of nitrogens with zero attached hydrogens (tertiary/aromatic N) is 2. The Morgan fingerprint density at radius 2 is 1.42 bits per heavy atom. The summed E-state index contributed by atoms with van der Waals surface area (Å²) in [4.78, 5) is 28.2. The molecule has 0 spiro atoms. The minimum absolute atomic E-state index is 0.152. The number of hydrogen-bond acceptors (Lipinski definition) is 2. The van der Waals surface area contributed by atoms with Gasteiger partial charge in [0.05, 0.1) is 11.6 Å². The van der Waals surface area contributed by atoms with E-state index in [1.807, 2.05) is 78.9 Å². The average molecular weight is 431 g/mol. The number of benzene rings is 4. The van der Waals surface area contributed by atoms with Crippen molar-refractivity contribution in [3.63, 3.8) is 0 Å². The van der Waals surface area contributed by atoms with Crippen molar-refractivity contribution in [2.24, 2.45) is 0 Å². The van der Waals surface area contributed by atoms with Gasteiger partial charge in [-0.05, 0) is 28.6 Å². The molecule has 4 heteroatoms. The average Bonchev–Trinajstić information content (AvgIpc) is 3.36. The number of para-hydroxylation sites is 1. The van der Waals surface area contributed by atoms with Crippen LogP contribution in [0.1, 0.15) is 23.5 Å². The van der Waals surface area contributed by atoms with Gasteiger partial charge in [0.15, 0.2) is 0 Å². The predicted octanol–water partition coefficient (Wildman–Crippen LogP) is 5.89. The first-order valence-corrected chi connectivity index (χ1v) is 11.2. The van der Waals surface area contributed by atoms with E-state index < -0.39 is 5.92 Å². The van der Waals surface area contributed by atoms with Crippen molar-refractivity contribution in [2.45, 2.75) is 18.9 Å². The molecule has 2 amide bonds. The largest absolute Gasteiger partial charge is 0.343 e. The maximum atomic E-state index is 13.7. The summed E-state index contributed by atoms with van der Waals surface area (Å²) >= 11 is 0. The summed E-state index contributed by atoms with van der Waals surface area (Å²) in [5.41, 5.74) is 3.84. The maximum Gasteiger partial charge on any atom is 0.241 e. The third-order valence-electron chi connectivity index (χ3n) is 6.54. The third-order valence-corrected chi connectivity index (χ3v) is 6.54. The topological polar surface area (TPSA) is 42.3 Å². The van der Waals surface area contributed by atoms with Gasteiger partial charge in [-0.3, -0.25) is 9.59 Å². The highest BCUT2D eigenvalue weighted by Crippen LogP contribution is 2.39. The van der Waals surface area contributed by atoms with Crippen molar-refractivity contribution < 1.29 is 9.59 Å². The van der Waals surface area contributed by atoms with Crippen molar-refractivity contribution >= 4 is 39.2 Å². The van der Waals surface area contributed by atoms with Gasteiger partial charge in [0, 0.05) is 35.5 Å². The molecule has 1 aliphatic heterocycles. The van der Waals surface area contributed by atoms with E-state index in [9.17, 15) is 9.59 Å². The number of amides is 2. The van der Waals surface area contributed by atoms with E-state index >= 15 is 0 Å². The Bertz CT molecular complexity index is 1510. The van der Waals surface area contributed by atoms with Crippen LogP contribution in [0.25, 0.3) is 21.7 Å². The van der Waals surface area contributed by atoms with Crippen LogP contribution < -0.4 is 4.90 Å². The standard InChI is InChI=1S/C29H22N2O2/c32-28-17-24(29(33)31(28)27-16-8-12-21-11-4-5-13-22(21)27)25-19-30(18-20-9-2-1-3-10-20)26-15-7-6-14-23(25)26/h1-16,19,24H,17-18H2/t24-/m1/s1. The third kappa shape index (κ3) is 3.23. The SMILES string of the molecule is O=C1C[C@H](c2cn(Cc3ccccc3)c3ccccc23)C(=O)N1c1cccc2ccccc12. The molecule has 1 aromatic heterocycles. The van der Waals surface area contributed by atoms with Gasteiger partial charge in [0.25, 0.3) is 0 Å². The van der Waals surface area contributed by atoms with Crippen LogP contribution in [0.3, 0.4) is 0 Å². The summed E-state index contributed by atoms with van der Waals surface area (Å²) in [7, 11) is 0. The fourth-order valence-corrected chi connectivity index (χ4v) is 5.00. The second-order valence-corrected chi connectivity index (χ2v) is 8.54. The molecule has 1 atom stereocenters. The van der Waals surface area contributed by atoms with E-state index in [1.165, 1.54) is 10.5 Å². The molecule has 1 fully saturated rings. The molecule has 0 bridgehead atoms. The Labute approximate surface area is 191 Å². The number of carbonyl (C=O) groups excluding carboxylic acids is 2. The molecule has 0 radical (unpaired) electrons. The number of hydrogen-bond donors (Lipinski definition) is 0. The summed E-state index contributed by atoms with van der Waals surface area (Å²) in [6.07, 6.45) is 2.24. The molecular formula is C29H22N2O2. The van der Waals surface area contributed by atoms with E-state index in [2.05, 4.69) is 29.0 Å². The smallest absolute Gasteiger partial charge is 0.241 e. The molecule has 4 nitrogen and oxygen atoms in total. The minimum Gasteiger partial charge on any atom is -0.343 e. The van der Waals surface area contributed by atoms with Crippen LogP contribution in [0.4, 0.5) is 5.69 Å². The van der Waals surface area contributed by atoms with Crippen LogP contribution in [-0.2, 0) is 16.1 Å². The fourth-order valence-electron chi connectivity index (χ4n) is 5.00. The van der Waals surface area contributed by atoms with Crippen molar-refractivity contribution in [3.8, 4) is 0 Å². The highest BCUT2D eigenvalue weighted by Gasteiger charge is 2.42. The molecular weight excluding hydrogens is 408 g/mol. The van der Waals surface area contributed by atoms with Crippen molar-refractivity contribution in [1.29, 1.82) is 0 Å². The van der Waals surface area contributed by atoms with Gasteiger partial charge >= 0.3 is 0 Å². The molecule has 0 saturated carbocycles. The van der Waals surface area contributed by atoms with Crippen LogP contribution in [0.15, 0.2) is 103 Å². The van der Waals surface area contributed by atoms with Crippen LogP contribution in [0, 0.1) is 0 Å². The molecule has 0 N–H and O–H groups in total. The monoisotopic (exact) mass is 430 g/mol. The first-order valence-electron chi connectivity index (χ1n) is 11.2. The maximum absolute atomic E-state index is 13.7. The van der Waals surface area contributed by atoms with E-state index in [0.717, 1.165) is 27.2 Å². The Morgan fingerprint density at radius 3 is 2.27 bits per heavy atom. The number of anilines is 1. The van der Waals surface area contributed by atoms with Gasteiger partial charge in [-0.25, -0.2) is 4.90 Å². The molecule has 5 aromatic rings. The first-order chi connectivity index (χ1) is 16.2. The van der Waals surface area contributed by atoms with Crippen LogP contribution in [0.5, 0.6) is 0 Å². The number of carbonyl (C=O) groups is 2. The van der Waals surface area contributed by atoms with E-state index in [-0.39, 0.29) is 18.2 Å². The summed E-state index contributed by atoms with van der Waals surface area (Å²) in [5.74, 6) is -0.793. The highest BCUT2D eigenvalue weighted by atomic mass is 16.2. The lowest BCUT2D eigenvalue weighted by Gasteiger charge is -2.17. The van der Waals surface area contributed by atoms with Crippen LogP contribution in [0.2, 0.25) is 0 Å². The van der Waals surface area contributed by atoms with Gasteiger partial charge in [0.1, 0.15) is 0 Å². The Kier molecular flexibility index (Phi) is 4.58. The molecule has 6 rings (SSSR count). The summed E-state index contributed by atoms with van der Waals surface area (Å²) in [5, 5.41) is 2.95. The lowest BCUT2D eigenvalue weighted by atomic mass is 9.97. The zero-order valence-corrected chi connectivity index (χ0v) is 18.0. The van der Waals surface area contributed by atoms with Crippen molar-refractivity contribution in [3.05, 3.63) is 114 Å². The fraction of sp³-hybridized carbons (Fsp3) is 0.103. The first kappa shape index (κ1) is 19.5. The Balaban J connectivity index is 1.43. The summed E-state index contributed by atoms with van der Waals surface area (Å²) < 4.78 is 2.18. The second-order valence-electron chi connectivity index (χ2n) is 8.54. The van der Waals surface area contributed by atoms with E-state index in [0.29, 0.717) is 12.2 Å². The number of rotatable bonds is 4. The normalized spacial score (nSPS) is 16.2. The van der Waals surface area contributed by atoms with E-state index in [1.54, 1.807) is 0 Å².